The van der Waals surface area contributed by atoms with E-state index < -0.39 is 74.2 Å². The van der Waals surface area contributed by atoms with Gasteiger partial charge in [-0.25, -0.2) is 0 Å². The number of carbonyl (C=O) groups is 1. The number of allylic oxidation sites excluding steroid dienone is 8. The third-order valence-electron chi connectivity index (χ3n) is 11.1. The summed E-state index contributed by atoms with van der Waals surface area (Å²) in [5.41, 5.74) is 0. The third-order valence-corrected chi connectivity index (χ3v) is 11.1. The fourth-order valence-electron chi connectivity index (χ4n) is 7.15. The highest BCUT2D eigenvalue weighted by molar-refractivity contribution is 5.80. The van der Waals surface area contributed by atoms with Gasteiger partial charge in [-0.3, -0.25) is 4.79 Å². The normalized spacial score (nSPS) is 22.2. The Morgan fingerprint density at radius 1 is 0.593 bits per heavy atom. The van der Waals surface area contributed by atoms with E-state index in [1.807, 2.05) is 0 Å². The first-order chi connectivity index (χ1) is 28.7. The molecule has 1 amide bonds. The van der Waals surface area contributed by atoms with Gasteiger partial charge < -0.3 is 50.5 Å². The molecule has 0 aromatic rings. The van der Waals surface area contributed by atoms with Crippen molar-refractivity contribution in [2.45, 2.75) is 236 Å². The van der Waals surface area contributed by atoms with Crippen LogP contribution in [0.25, 0.3) is 0 Å². The first-order valence-corrected chi connectivity index (χ1v) is 23.6. The maximum atomic E-state index is 13.1. The Morgan fingerprint density at radius 2 is 1.07 bits per heavy atom. The summed E-state index contributed by atoms with van der Waals surface area (Å²) in [6.45, 7) is 3.37. The number of amides is 1. The van der Waals surface area contributed by atoms with Crippen LogP contribution in [-0.4, -0.2) is 110 Å². The minimum absolute atomic E-state index is 0.231. The molecule has 11 heteroatoms. The summed E-state index contributed by atoms with van der Waals surface area (Å²) in [7, 11) is 0. The second-order valence-corrected chi connectivity index (χ2v) is 16.5. The molecule has 344 valence electrons. The van der Waals surface area contributed by atoms with Crippen LogP contribution < -0.4 is 5.32 Å². The average molecular weight is 838 g/mol. The summed E-state index contributed by atoms with van der Waals surface area (Å²) in [5, 5.41) is 75.6. The van der Waals surface area contributed by atoms with Crippen LogP contribution >= 0.6 is 0 Å². The van der Waals surface area contributed by atoms with Crippen molar-refractivity contribution in [1.82, 2.24) is 5.32 Å². The standard InChI is InChI=1S/C48H87NO10/c1-3-5-7-9-11-13-15-17-19-20-21-22-24-25-27-29-31-33-35-40(51)43(53)39(38-58-48-46(56)45(55)44(54)42(37-50)59-48)49-47(57)41(52)36-34-32-30-28-26-23-18-16-14-12-10-8-6-4-2/h12,14,16,18,21-22,27,29,39-46,48,50-56H,3-11,13,15,17,19-20,23-26,28,30-38H2,1-2H3,(H,49,57)/b14-12-,18-16-,22-21+,29-27+. The number of hydrogen-bond acceptors (Lipinski definition) is 10. The number of ether oxygens (including phenoxy) is 2. The van der Waals surface area contributed by atoms with Gasteiger partial charge in [0, 0.05) is 0 Å². The molecule has 9 atom stereocenters. The van der Waals surface area contributed by atoms with Crippen molar-refractivity contribution in [3.05, 3.63) is 48.6 Å². The predicted molar refractivity (Wildman–Crippen MR) is 238 cm³/mol. The maximum Gasteiger partial charge on any atom is 0.249 e. The molecule has 59 heavy (non-hydrogen) atoms. The van der Waals surface area contributed by atoms with Gasteiger partial charge in [0.25, 0.3) is 0 Å². The second-order valence-electron chi connectivity index (χ2n) is 16.5. The SMILES string of the molecule is CCCCC/C=C\C=C/CCCCCCCC(O)C(=O)NC(COC1OC(CO)C(O)C(O)C1O)C(O)C(O)CCC/C=C/CC/C=C/CCCCCCCCCCC. The van der Waals surface area contributed by atoms with Crippen molar-refractivity contribution in [3.63, 3.8) is 0 Å². The molecule has 0 aromatic heterocycles. The van der Waals surface area contributed by atoms with Gasteiger partial charge in [0.05, 0.1) is 25.4 Å². The van der Waals surface area contributed by atoms with Crippen LogP contribution in [0.4, 0.5) is 0 Å². The van der Waals surface area contributed by atoms with E-state index in [2.05, 4.69) is 67.8 Å². The second kappa shape index (κ2) is 37.8. The molecule has 1 aliphatic heterocycles. The third kappa shape index (κ3) is 27.6. The van der Waals surface area contributed by atoms with Crippen LogP contribution in [0, 0.1) is 0 Å². The molecule has 1 fully saturated rings. The summed E-state index contributed by atoms with van der Waals surface area (Å²) in [4.78, 5) is 13.1. The molecule has 9 unspecified atom stereocenters. The summed E-state index contributed by atoms with van der Waals surface area (Å²) in [5.74, 6) is -0.725. The van der Waals surface area contributed by atoms with Crippen LogP contribution in [0.3, 0.4) is 0 Å². The van der Waals surface area contributed by atoms with Crippen molar-refractivity contribution in [1.29, 1.82) is 0 Å². The van der Waals surface area contributed by atoms with Crippen LogP contribution in [0.2, 0.25) is 0 Å². The van der Waals surface area contributed by atoms with E-state index in [1.165, 1.54) is 77.0 Å². The van der Waals surface area contributed by atoms with Gasteiger partial charge in [0.1, 0.15) is 36.6 Å². The predicted octanol–water partition coefficient (Wildman–Crippen LogP) is 7.78. The zero-order chi connectivity index (χ0) is 43.4. The minimum Gasteiger partial charge on any atom is -0.394 e. The fraction of sp³-hybridized carbons (Fsp3) is 0.812. The van der Waals surface area contributed by atoms with E-state index in [9.17, 15) is 40.5 Å². The molecule has 0 saturated carbocycles. The van der Waals surface area contributed by atoms with Crippen molar-refractivity contribution in [3.8, 4) is 0 Å². The molecular weight excluding hydrogens is 751 g/mol. The van der Waals surface area contributed by atoms with Crippen molar-refractivity contribution in [2.75, 3.05) is 13.2 Å². The lowest BCUT2D eigenvalue weighted by Crippen LogP contribution is -2.60. The van der Waals surface area contributed by atoms with E-state index in [4.69, 9.17) is 9.47 Å². The molecule has 0 aliphatic carbocycles. The highest BCUT2D eigenvalue weighted by Crippen LogP contribution is 2.23. The van der Waals surface area contributed by atoms with Crippen molar-refractivity contribution >= 4 is 5.91 Å². The van der Waals surface area contributed by atoms with Gasteiger partial charge >= 0.3 is 0 Å². The van der Waals surface area contributed by atoms with E-state index in [-0.39, 0.29) is 12.8 Å². The Balaban J connectivity index is 2.50. The monoisotopic (exact) mass is 838 g/mol. The molecule has 0 radical (unpaired) electrons. The van der Waals surface area contributed by atoms with Crippen LogP contribution in [0.15, 0.2) is 48.6 Å². The van der Waals surface area contributed by atoms with Gasteiger partial charge in [0.15, 0.2) is 6.29 Å². The Bertz CT molecular complexity index is 1100. The molecule has 1 aliphatic rings. The number of aliphatic hydroxyl groups excluding tert-OH is 7. The molecule has 11 nitrogen and oxygen atoms in total. The van der Waals surface area contributed by atoms with E-state index >= 15 is 0 Å². The highest BCUT2D eigenvalue weighted by atomic mass is 16.7. The summed E-state index contributed by atoms with van der Waals surface area (Å²) in [6, 6.07) is -1.20. The lowest BCUT2D eigenvalue weighted by molar-refractivity contribution is -0.303. The zero-order valence-corrected chi connectivity index (χ0v) is 37.0. The molecule has 8 N–H and O–H groups in total. The largest absolute Gasteiger partial charge is 0.394 e. The quantitative estimate of drug-likeness (QED) is 0.0173. The first-order valence-electron chi connectivity index (χ1n) is 23.6. The van der Waals surface area contributed by atoms with Crippen LogP contribution in [0.5, 0.6) is 0 Å². The van der Waals surface area contributed by atoms with E-state index in [0.29, 0.717) is 19.3 Å². The molecular formula is C48H87NO10. The van der Waals surface area contributed by atoms with Gasteiger partial charge in [-0.15, -0.1) is 0 Å². The van der Waals surface area contributed by atoms with Crippen molar-refractivity contribution < 1.29 is 50.0 Å². The molecule has 0 spiro atoms. The van der Waals surface area contributed by atoms with Crippen molar-refractivity contribution in [2.24, 2.45) is 0 Å². The number of aliphatic hydroxyl groups is 7. The van der Waals surface area contributed by atoms with Gasteiger partial charge in [-0.2, -0.15) is 0 Å². The zero-order valence-electron chi connectivity index (χ0n) is 37.0. The fourth-order valence-corrected chi connectivity index (χ4v) is 7.15. The molecule has 0 aromatic carbocycles. The van der Waals surface area contributed by atoms with Gasteiger partial charge in [-0.05, 0) is 77.0 Å². The van der Waals surface area contributed by atoms with E-state index in [0.717, 1.165) is 57.8 Å². The number of hydrogen-bond donors (Lipinski definition) is 8. The van der Waals surface area contributed by atoms with Crippen LogP contribution in [-0.2, 0) is 14.3 Å². The lowest BCUT2D eigenvalue weighted by atomic mass is 9.98. The Hall–Kier alpha value is -1.93. The maximum absolute atomic E-state index is 13.1. The van der Waals surface area contributed by atoms with Gasteiger partial charge in [0.2, 0.25) is 5.91 Å². The molecule has 1 heterocycles. The van der Waals surface area contributed by atoms with E-state index in [1.54, 1.807) is 0 Å². The molecule has 1 saturated heterocycles. The highest BCUT2D eigenvalue weighted by Gasteiger charge is 2.44. The molecule has 1 rings (SSSR count). The topological polar surface area (TPSA) is 189 Å². The van der Waals surface area contributed by atoms with Crippen LogP contribution in [0.1, 0.15) is 181 Å². The minimum atomic E-state index is -1.67. The summed E-state index contributed by atoms with van der Waals surface area (Å²) < 4.78 is 11.1. The summed E-state index contributed by atoms with van der Waals surface area (Å²) in [6.07, 6.45) is 33.0. The molecule has 0 bridgehead atoms. The number of unbranched alkanes of at least 4 members (excludes halogenated alkanes) is 19. The number of carbonyl (C=O) groups excluding carboxylic acids is 1. The van der Waals surface area contributed by atoms with Gasteiger partial charge in [-0.1, -0.05) is 152 Å². The Labute approximate surface area is 358 Å². The Morgan fingerprint density at radius 3 is 1.64 bits per heavy atom. The first kappa shape index (κ1) is 55.1. The lowest BCUT2D eigenvalue weighted by Gasteiger charge is -2.40. The smallest absolute Gasteiger partial charge is 0.249 e. The Kier molecular flexibility index (Phi) is 35.3. The average Bonchev–Trinajstić information content (AvgIpc) is 3.23. The number of rotatable bonds is 38. The summed E-state index contributed by atoms with van der Waals surface area (Å²) >= 11 is 0. The number of nitrogens with one attached hydrogen (secondary N) is 1.